The smallest absolute Gasteiger partial charge is 0.318 e. The van der Waals surface area contributed by atoms with Gasteiger partial charge < -0.3 is 14.8 Å². The maximum absolute atomic E-state index is 12.1. The highest BCUT2D eigenvalue weighted by Crippen LogP contribution is 2.25. The molecule has 0 spiro atoms. The number of amides is 2. The number of carbonyl (C=O) groups excluding carboxylic acids is 1. The van der Waals surface area contributed by atoms with Crippen molar-refractivity contribution in [1.29, 1.82) is 0 Å². The van der Waals surface area contributed by atoms with Crippen LogP contribution < -0.4 is 5.32 Å². The zero-order chi connectivity index (χ0) is 15.1. The zero-order valence-electron chi connectivity index (χ0n) is 12.7. The molecule has 0 aliphatic carbocycles. The van der Waals surface area contributed by atoms with Gasteiger partial charge >= 0.3 is 6.03 Å². The van der Waals surface area contributed by atoms with Gasteiger partial charge in [0.15, 0.2) is 0 Å². The third kappa shape index (κ3) is 2.62. The number of aromatic nitrogens is 2. The minimum absolute atomic E-state index is 0.0712. The minimum Gasteiger partial charge on any atom is -0.332 e. The second-order valence-corrected chi connectivity index (χ2v) is 6.59. The molecule has 3 heterocycles. The topological polar surface area (TPSA) is 53.4 Å². The lowest BCUT2D eigenvalue weighted by Gasteiger charge is -2.37. The van der Waals surface area contributed by atoms with E-state index < -0.39 is 0 Å². The number of hydrogen-bond donors (Lipinski definition) is 1. The van der Waals surface area contributed by atoms with E-state index in [0.717, 1.165) is 31.9 Å². The van der Waals surface area contributed by atoms with E-state index in [1.807, 2.05) is 16.5 Å². The summed E-state index contributed by atoms with van der Waals surface area (Å²) in [5.74, 6) is 0.962. The lowest BCUT2D eigenvalue weighted by molar-refractivity contribution is 0.120. The highest BCUT2D eigenvalue weighted by molar-refractivity contribution is 6.29. The quantitative estimate of drug-likeness (QED) is 0.919. The Balaban J connectivity index is 1.66. The van der Waals surface area contributed by atoms with Crippen LogP contribution >= 0.6 is 11.6 Å². The van der Waals surface area contributed by atoms with Crippen molar-refractivity contribution < 1.29 is 4.79 Å². The standard InChI is InChI=1S/C14H22ClN5O/c1-9(2)20-11-4-5-19(7-10(11)17-14(20)21)8-13-16-6-12(15)18(13)3/h6,9-11H,4-5,7-8H2,1-3H3,(H,17,21)/t10-,11+/m1/s1. The first-order valence-electron chi connectivity index (χ1n) is 7.44. The number of nitrogens with zero attached hydrogens (tertiary/aromatic N) is 4. The predicted molar refractivity (Wildman–Crippen MR) is 81.2 cm³/mol. The summed E-state index contributed by atoms with van der Waals surface area (Å²) in [6.45, 7) is 6.76. The molecule has 7 heteroatoms. The van der Waals surface area contributed by atoms with Gasteiger partial charge in [0.1, 0.15) is 11.0 Å². The normalized spacial score (nSPS) is 26.3. The zero-order valence-corrected chi connectivity index (χ0v) is 13.5. The molecule has 116 valence electrons. The maximum Gasteiger partial charge on any atom is 0.318 e. The molecule has 1 aromatic rings. The summed E-state index contributed by atoms with van der Waals surface area (Å²) >= 11 is 6.03. The fraction of sp³-hybridized carbons (Fsp3) is 0.714. The van der Waals surface area contributed by atoms with Crippen LogP contribution in [0.5, 0.6) is 0 Å². The number of nitrogens with one attached hydrogen (secondary N) is 1. The molecular formula is C14H22ClN5O. The van der Waals surface area contributed by atoms with E-state index in [0.29, 0.717) is 11.2 Å². The van der Waals surface area contributed by atoms with Crippen molar-refractivity contribution in [1.82, 2.24) is 24.7 Å². The van der Waals surface area contributed by atoms with Crippen LogP contribution in [0.15, 0.2) is 6.20 Å². The third-order valence-corrected chi connectivity index (χ3v) is 4.86. The van der Waals surface area contributed by atoms with Crippen LogP contribution in [0.3, 0.4) is 0 Å². The Morgan fingerprint density at radius 1 is 1.52 bits per heavy atom. The summed E-state index contributed by atoms with van der Waals surface area (Å²) in [6.07, 6.45) is 2.68. The van der Waals surface area contributed by atoms with E-state index >= 15 is 0 Å². The first-order chi connectivity index (χ1) is 9.97. The largest absolute Gasteiger partial charge is 0.332 e. The summed E-state index contributed by atoms with van der Waals surface area (Å²) in [6, 6.07) is 0.852. The van der Waals surface area contributed by atoms with Crippen LogP contribution in [0.4, 0.5) is 4.79 Å². The molecule has 6 nitrogen and oxygen atoms in total. The second kappa shape index (κ2) is 5.50. The van der Waals surface area contributed by atoms with Gasteiger partial charge in [-0.25, -0.2) is 9.78 Å². The average molecular weight is 312 g/mol. The summed E-state index contributed by atoms with van der Waals surface area (Å²) in [5, 5.41) is 3.77. The van der Waals surface area contributed by atoms with Gasteiger partial charge in [0, 0.05) is 26.2 Å². The number of imidazole rings is 1. The van der Waals surface area contributed by atoms with E-state index in [4.69, 9.17) is 11.6 Å². The monoisotopic (exact) mass is 311 g/mol. The lowest BCUT2D eigenvalue weighted by atomic mass is 9.99. The molecular weight excluding hydrogens is 290 g/mol. The Kier molecular flexibility index (Phi) is 3.84. The molecule has 2 fully saturated rings. The summed E-state index contributed by atoms with van der Waals surface area (Å²) in [7, 11) is 1.93. The van der Waals surface area contributed by atoms with Crippen LogP contribution in [-0.2, 0) is 13.6 Å². The summed E-state index contributed by atoms with van der Waals surface area (Å²) in [4.78, 5) is 20.7. The Labute approximate surface area is 130 Å². The molecule has 3 rings (SSSR count). The van der Waals surface area contributed by atoms with Crippen LogP contribution in [0.25, 0.3) is 0 Å². The van der Waals surface area contributed by atoms with Gasteiger partial charge in [-0.05, 0) is 20.3 Å². The molecule has 0 radical (unpaired) electrons. The van der Waals surface area contributed by atoms with Crippen LogP contribution in [0, 0.1) is 0 Å². The van der Waals surface area contributed by atoms with Gasteiger partial charge in [-0.1, -0.05) is 11.6 Å². The van der Waals surface area contributed by atoms with Crippen molar-refractivity contribution in [3.05, 3.63) is 17.2 Å². The van der Waals surface area contributed by atoms with Gasteiger partial charge in [0.25, 0.3) is 0 Å². The van der Waals surface area contributed by atoms with E-state index in [-0.39, 0.29) is 18.1 Å². The van der Waals surface area contributed by atoms with Gasteiger partial charge in [0.2, 0.25) is 0 Å². The molecule has 0 saturated carbocycles. The lowest BCUT2D eigenvalue weighted by Crippen LogP contribution is -2.51. The molecule has 0 aromatic carbocycles. The molecule has 2 saturated heterocycles. The number of likely N-dealkylation sites (tertiary alicyclic amines) is 1. The molecule has 0 unspecified atom stereocenters. The first kappa shape index (κ1) is 14.7. The van der Waals surface area contributed by atoms with Gasteiger partial charge in [-0.3, -0.25) is 4.90 Å². The molecule has 2 aliphatic rings. The number of urea groups is 1. The number of rotatable bonds is 3. The molecule has 0 bridgehead atoms. The van der Waals surface area contributed by atoms with Gasteiger partial charge in [-0.15, -0.1) is 0 Å². The van der Waals surface area contributed by atoms with Gasteiger partial charge in [0.05, 0.1) is 24.8 Å². The van der Waals surface area contributed by atoms with Crippen LogP contribution in [0.1, 0.15) is 26.1 Å². The third-order valence-electron chi connectivity index (χ3n) is 4.51. The molecule has 1 N–H and O–H groups in total. The van der Waals surface area contributed by atoms with Crippen molar-refractivity contribution in [3.8, 4) is 0 Å². The Morgan fingerprint density at radius 3 is 2.90 bits per heavy atom. The highest BCUT2D eigenvalue weighted by Gasteiger charge is 2.43. The van der Waals surface area contributed by atoms with Crippen LogP contribution in [0.2, 0.25) is 5.15 Å². The Morgan fingerprint density at radius 2 is 2.29 bits per heavy atom. The summed E-state index contributed by atoms with van der Waals surface area (Å²) in [5.41, 5.74) is 0. The molecule has 2 amide bonds. The minimum atomic E-state index is 0.0712. The van der Waals surface area contributed by atoms with Crippen molar-refractivity contribution >= 4 is 17.6 Å². The molecule has 2 atom stereocenters. The van der Waals surface area contributed by atoms with Crippen molar-refractivity contribution in [2.75, 3.05) is 13.1 Å². The fourth-order valence-corrected chi connectivity index (χ4v) is 3.54. The number of hydrogen-bond acceptors (Lipinski definition) is 3. The fourth-order valence-electron chi connectivity index (χ4n) is 3.40. The Bertz CT molecular complexity index is 543. The number of piperidine rings is 1. The molecule has 1 aromatic heterocycles. The Hall–Kier alpha value is -1.27. The number of halogens is 1. The number of carbonyl (C=O) groups is 1. The van der Waals surface area contributed by atoms with Crippen molar-refractivity contribution in [3.63, 3.8) is 0 Å². The molecule has 21 heavy (non-hydrogen) atoms. The SMILES string of the molecule is CC(C)N1C(=O)N[C@@H]2CN(Cc3ncc(Cl)n3C)CC[C@@H]21. The van der Waals surface area contributed by atoms with E-state index in [2.05, 4.69) is 29.0 Å². The second-order valence-electron chi connectivity index (χ2n) is 6.20. The van der Waals surface area contributed by atoms with E-state index in [9.17, 15) is 4.79 Å². The average Bonchev–Trinajstić information content (AvgIpc) is 2.91. The number of fused-ring (bicyclic) bond motifs is 1. The van der Waals surface area contributed by atoms with Crippen molar-refractivity contribution in [2.45, 2.75) is 44.9 Å². The molecule has 2 aliphatic heterocycles. The van der Waals surface area contributed by atoms with E-state index in [1.165, 1.54) is 0 Å². The summed E-state index contributed by atoms with van der Waals surface area (Å²) < 4.78 is 1.90. The first-order valence-corrected chi connectivity index (χ1v) is 7.82. The maximum atomic E-state index is 12.1. The van der Waals surface area contributed by atoms with E-state index in [1.54, 1.807) is 6.20 Å². The van der Waals surface area contributed by atoms with Gasteiger partial charge in [-0.2, -0.15) is 0 Å². The van der Waals surface area contributed by atoms with Crippen LogP contribution in [-0.4, -0.2) is 56.6 Å². The van der Waals surface area contributed by atoms with Crippen molar-refractivity contribution in [2.24, 2.45) is 7.05 Å². The highest BCUT2D eigenvalue weighted by atomic mass is 35.5. The predicted octanol–water partition coefficient (Wildman–Crippen LogP) is 1.45.